The van der Waals surface area contributed by atoms with Gasteiger partial charge < -0.3 is 5.32 Å². The molecule has 1 aliphatic rings. The minimum absolute atomic E-state index is 0.107. The number of carbonyl (C=O) groups excluding carboxylic acids is 1. The minimum atomic E-state index is -0.107. The second-order valence-electron chi connectivity index (χ2n) is 6.50. The number of rotatable bonds is 5. The molecule has 4 rings (SSSR count). The second-order valence-corrected chi connectivity index (χ2v) is 7.75. The first kappa shape index (κ1) is 18.7. The number of anilines is 1. The van der Waals surface area contributed by atoms with Crippen LogP contribution in [0.2, 0.25) is 0 Å². The van der Waals surface area contributed by atoms with Crippen LogP contribution in [0.1, 0.15) is 28.7 Å². The maximum absolute atomic E-state index is 12.9. The molecular formula is C20H21IN6O. The summed E-state index contributed by atoms with van der Waals surface area (Å²) >= 11 is 2.24. The number of hydrogen-bond acceptors (Lipinski definition) is 5. The Hall–Kier alpha value is -2.62. The van der Waals surface area contributed by atoms with Gasteiger partial charge in [0.1, 0.15) is 17.7 Å². The van der Waals surface area contributed by atoms with Crippen LogP contribution in [0.25, 0.3) is 5.65 Å². The molecule has 7 nitrogen and oxygen atoms in total. The predicted octanol–water partition coefficient (Wildman–Crippen LogP) is 2.78. The molecule has 0 saturated carbocycles. The number of aryl methyl sites for hydroxylation is 1. The van der Waals surface area contributed by atoms with Crippen molar-refractivity contribution in [2.45, 2.75) is 19.9 Å². The van der Waals surface area contributed by atoms with E-state index >= 15 is 0 Å². The average Bonchev–Trinajstić information content (AvgIpc) is 3.11. The van der Waals surface area contributed by atoms with E-state index in [1.807, 2.05) is 58.9 Å². The van der Waals surface area contributed by atoms with Crippen molar-refractivity contribution >= 4 is 46.2 Å². The summed E-state index contributed by atoms with van der Waals surface area (Å²) in [5.74, 6) is -0.107. The van der Waals surface area contributed by atoms with Crippen LogP contribution in [0.5, 0.6) is 0 Å². The standard InChI is InChI=1S/C20H21IN6O/c1-2-17-19(26-12-15(21)5-8-18(26)25-17)20(28)23-11-14-3-6-16(7-4-14)27-10-9-22-13-24-27/h3-8,12-13H,2,9-11H2,1H3,(H,22,24)(H,23,28). The number of imidazole rings is 1. The maximum Gasteiger partial charge on any atom is 0.270 e. The topological polar surface area (TPSA) is 74.0 Å². The lowest BCUT2D eigenvalue weighted by molar-refractivity contribution is 0.0944. The van der Waals surface area contributed by atoms with Gasteiger partial charge >= 0.3 is 0 Å². The number of halogens is 1. The smallest absolute Gasteiger partial charge is 0.270 e. The zero-order valence-electron chi connectivity index (χ0n) is 15.5. The number of amides is 1. The molecule has 0 radical (unpaired) electrons. The molecule has 8 heteroatoms. The van der Waals surface area contributed by atoms with Crippen LogP contribution in [0, 0.1) is 3.57 Å². The first-order valence-electron chi connectivity index (χ1n) is 9.21. The maximum atomic E-state index is 12.9. The Balaban J connectivity index is 1.48. The van der Waals surface area contributed by atoms with Gasteiger partial charge in [-0.15, -0.1) is 0 Å². The van der Waals surface area contributed by atoms with Gasteiger partial charge in [-0.3, -0.25) is 24.6 Å². The van der Waals surface area contributed by atoms with Crippen molar-refractivity contribution in [3.05, 3.63) is 63.1 Å². The van der Waals surface area contributed by atoms with E-state index < -0.39 is 0 Å². The highest BCUT2D eigenvalue weighted by Crippen LogP contribution is 2.17. The highest BCUT2D eigenvalue weighted by Gasteiger charge is 2.18. The zero-order valence-corrected chi connectivity index (χ0v) is 17.7. The monoisotopic (exact) mass is 488 g/mol. The molecule has 0 fully saturated rings. The Morgan fingerprint density at radius 2 is 2.07 bits per heavy atom. The van der Waals surface area contributed by atoms with Gasteiger partial charge in [-0.2, -0.15) is 0 Å². The zero-order chi connectivity index (χ0) is 19.5. The predicted molar refractivity (Wildman–Crippen MR) is 119 cm³/mol. The molecule has 28 heavy (non-hydrogen) atoms. The van der Waals surface area contributed by atoms with Crippen molar-refractivity contribution in [1.82, 2.24) is 20.1 Å². The summed E-state index contributed by atoms with van der Waals surface area (Å²) in [7, 11) is 0. The normalized spacial score (nSPS) is 13.6. The number of benzene rings is 1. The van der Waals surface area contributed by atoms with E-state index in [1.54, 1.807) is 6.34 Å². The molecule has 0 saturated heterocycles. The van der Waals surface area contributed by atoms with Crippen LogP contribution in [-0.2, 0) is 13.0 Å². The highest BCUT2D eigenvalue weighted by molar-refractivity contribution is 14.1. The number of nitrogens with one attached hydrogen (secondary N) is 2. The summed E-state index contributed by atoms with van der Waals surface area (Å²) in [5.41, 5.74) is 7.46. The van der Waals surface area contributed by atoms with Crippen molar-refractivity contribution in [2.24, 2.45) is 4.99 Å². The summed E-state index contributed by atoms with van der Waals surface area (Å²) in [5, 5.41) is 5.08. The molecule has 1 aromatic carbocycles. The molecule has 1 aliphatic heterocycles. The number of hydrazine groups is 1. The number of carbonyl (C=O) groups is 1. The lowest BCUT2D eigenvalue weighted by Crippen LogP contribution is -2.42. The Morgan fingerprint density at radius 1 is 1.25 bits per heavy atom. The van der Waals surface area contributed by atoms with Gasteiger partial charge in [0.2, 0.25) is 0 Å². The number of pyridine rings is 1. The summed E-state index contributed by atoms with van der Waals surface area (Å²) in [6.45, 7) is 4.10. The molecule has 2 N–H and O–H groups in total. The fraction of sp³-hybridized carbons (Fsp3) is 0.250. The van der Waals surface area contributed by atoms with Crippen molar-refractivity contribution in [1.29, 1.82) is 0 Å². The third-order valence-electron chi connectivity index (χ3n) is 4.66. The van der Waals surface area contributed by atoms with Crippen LogP contribution in [0.4, 0.5) is 5.69 Å². The Labute approximate surface area is 177 Å². The summed E-state index contributed by atoms with van der Waals surface area (Å²) < 4.78 is 2.94. The first-order chi connectivity index (χ1) is 13.7. The molecule has 0 atom stereocenters. The molecule has 3 heterocycles. The van der Waals surface area contributed by atoms with Gasteiger partial charge in [-0.25, -0.2) is 4.98 Å². The van der Waals surface area contributed by atoms with E-state index in [-0.39, 0.29) is 5.91 Å². The largest absolute Gasteiger partial charge is 0.347 e. The Morgan fingerprint density at radius 3 is 2.79 bits per heavy atom. The van der Waals surface area contributed by atoms with Crippen LogP contribution in [-0.4, -0.2) is 34.7 Å². The summed E-state index contributed by atoms with van der Waals surface area (Å²) in [6, 6.07) is 12.1. The first-order valence-corrected chi connectivity index (χ1v) is 10.3. The molecule has 3 aromatic rings. The molecule has 0 bridgehead atoms. The van der Waals surface area contributed by atoms with E-state index in [2.05, 4.69) is 43.3 Å². The van der Waals surface area contributed by atoms with Crippen molar-refractivity contribution in [3.63, 3.8) is 0 Å². The van der Waals surface area contributed by atoms with Crippen molar-refractivity contribution in [2.75, 3.05) is 18.1 Å². The van der Waals surface area contributed by atoms with E-state index in [4.69, 9.17) is 0 Å². The van der Waals surface area contributed by atoms with Crippen LogP contribution in [0.3, 0.4) is 0 Å². The average molecular weight is 488 g/mol. The second kappa shape index (κ2) is 8.17. The van der Waals surface area contributed by atoms with Gasteiger partial charge in [0.15, 0.2) is 0 Å². The van der Waals surface area contributed by atoms with Gasteiger partial charge in [-0.05, 0) is 58.8 Å². The fourth-order valence-corrected chi connectivity index (χ4v) is 3.67. The van der Waals surface area contributed by atoms with Crippen LogP contribution in [0.15, 0.2) is 47.6 Å². The third-order valence-corrected chi connectivity index (χ3v) is 5.30. The number of hydrogen-bond donors (Lipinski definition) is 2. The third kappa shape index (κ3) is 3.82. The van der Waals surface area contributed by atoms with Gasteiger partial charge in [0.25, 0.3) is 5.91 Å². The number of fused-ring (bicyclic) bond motifs is 1. The molecule has 0 unspecified atom stereocenters. The lowest BCUT2D eigenvalue weighted by atomic mass is 10.2. The van der Waals surface area contributed by atoms with Crippen molar-refractivity contribution in [3.8, 4) is 0 Å². The van der Waals surface area contributed by atoms with Crippen LogP contribution >= 0.6 is 22.6 Å². The van der Waals surface area contributed by atoms with E-state index in [9.17, 15) is 4.79 Å². The quantitative estimate of drug-likeness (QED) is 0.542. The van der Waals surface area contributed by atoms with Gasteiger partial charge in [-0.1, -0.05) is 19.1 Å². The number of aliphatic imine (C=N–C) groups is 1. The highest BCUT2D eigenvalue weighted by atomic mass is 127. The molecule has 1 amide bonds. The Bertz CT molecular complexity index is 1030. The van der Waals surface area contributed by atoms with Crippen molar-refractivity contribution < 1.29 is 4.79 Å². The molecule has 0 spiro atoms. The lowest BCUT2D eigenvalue weighted by Gasteiger charge is -2.26. The summed E-state index contributed by atoms with van der Waals surface area (Å²) in [6.07, 6.45) is 4.36. The minimum Gasteiger partial charge on any atom is -0.347 e. The molecule has 144 valence electrons. The molecule has 0 aliphatic carbocycles. The van der Waals surface area contributed by atoms with Crippen LogP contribution < -0.4 is 15.8 Å². The van der Waals surface area contributed by atoms with E-state index in [0.29, 0.717) is 18.7 Å². The number of nitrogens with zero attached hydrogens (tertiary/aromatic N) is 4. The Kier molecular flexibility index (Phi) is 5.47. The molecule has 2 aromatic heterocycles. The summed E-state index contributed by atoms with van der Waals surface area (Å²) in [4.78, 5) is 21.6. The van der Waals surface area contributed by atoms with Gasteiger partial charge in [0, 0.05) is 16.3 Å². The number of aromatic nitrogens is 2. The van der Waals surface area contributed by atoms with Gasteiger partial charge in [0.05, 0.1) is 24.5 Å². The SMILES string of the molecule is CCc1nc2ccc(I)cn2c1C(=O)NCc1ccc(N2CCN=CN2)cc1. The van der Waals surface area contributed by atoms with E-state index in [1.165, 1.54) is 0 Å². The van der Waals surface area contributed by atoms with E-state index in [0.717, 1.165) is 39.3 Å². The fourth-order valence-electron chi connectivity index (χ4n) is 3.22. The molecular weight excluding hydrogens is 467 g/mol.